The fourth-order valence-electron chi connectivity index (χ4n) is 1.87. The molecule has 0 aliphatic carbocycles. The zero-order chi connectivity index (χ0) is 18.4. The minimum Gasteiger partial charge on any atom is -0.423 e. The maximum atomic E-state index is 12.1. The van der Waals surface area contributed by atoms with Gasteiger partial charge in [0, 0.05) is 24.3 Å². The summed E-state index contributed by atoms with van der Waals surface area (Å²) in [7, 11) is 0. The second kappa shape index (κ2) is 7.87. The number of carbonyl (C=O) groups is 2. The van der Waals surface area contributed by atoms with Gasteiger partial charge in [-0.25, -0.2) is 9.59 Å². The third kappa shape index (κ3) is 5.28. The standard InChI is InChI=1S/C18H15NO6/c1-12(2)10-17(20)24-15-4-3-5-16(11-15)25-18(21)13-6-8-14(9-7-13)19(22)23/h3-11H,1-2H3. The third-order valence-corrected chi connectivity index (χ3v) is 2.95. The summed E-state index contributed by atoms with van der Waals surface area (Å²) in [6.07, 6.45) is 1.34. The van der Waals surface area contributed by atoms with Gasteiger partial charge >= 0.3 is 11.9 Å². The minimum absolute atomic E-state index is 0.121. The summed E-state index contributed by atoms with van der Waals surface area (Å²) < 4.78 is 10.3. The van der Waals surface area contributed by atoms with Crippen LogP contribution in [-0.4, -0.2) is 16.9 Å². The van der Waals surface area contributed by atoms with Crippen molar-refractivity contribution in [2.24, 2.45) is 0 Å². The minimum atomic E-state index is -0.678. The van der Waals surface area contributed by atoms with Crippen molar-refractivity contribution in [2.45, 2.75) is 13.8 Å². The molecule has 0 aliphatic rings. The van der Waals surface area contributed by atoms with Crippen LogP contribution in [0.3, 0.4) is 0 Å². The van der Waals surface area contributed by atoms with E-state index in [0.29, 0.717) is 0 Å². The van der Waals surface area contributed by atoms with E-state index in [2.05, 4.69) is 0 Å². The molecule has 0 heterocycles. The van der Waals surface area contributed by atoms with Crippen LogP contribution in [0.5, 0.6) is 11.5 Å². The molecule has 0 aliphatic heterocycles. The summed E-state index contributed by atoms with van der Waals surface area (Å²) in [4.78, 5) is 33.7. The molecule has 128 valence electrons. The molecule has 0 fully saturated rings. The third-order valence-electron chi connectivity index (χ3n) is 2.95. The van der Waals surface area contributed by atoms with Crippen LogP contribution in [0.4, 0.5) is 5.69 Å². The van der Waals surface area contributed by atoms with E-state index < -0.39 is 16.9 Å². The average molecular weight is 341 g/mol. The van der Waals surface area contributed by atoms with Crippen LogP contribution >= 0.6 is 0 Å². The molecule has 0 unspecified atom stereocenters. The number of carbonyl (C=O) groups excluding carboxylic acids is 2. The van der Waals surface area contributed by atoms with Gasteiger partial charge in [0.1, 0.15) is 11.5 Å². The van der Waals surface area contributed by atoms with Gasteiger partial charge in [0.05, 0.1) is 10.5 Å². The maximum Gasteiger partial charge on any atom is 0.343 e. The van der Waals surface area contributed by atoms with Crippen LogP contribution in [0.15, 0.2) is 60.2 Å². The quantitative estimate of drug-likeness (QED) is 0.271. The van der Waals surface area contributed by atoms with Crippen molar-refractivity contribution in [3.8, 4) is 11.5 Å². The van der Waals surface area contributed by atoms with Crippen molar-refractivity contribution >= 4 is 17.6 Å². The number of hydrogen-bond acceptors (Lipinski definition) is 6. The number of benzene rings is 2. The van der Waals surface area contributed by atoms with Gasteiger partial charge in [-0.1, -0.05) is 11.6 Å². The molecule has 0 amide bonds. The lowest BCUT2D eigenvalue weighted by Gasteiger charge is -2.06. The molecule has 2 aromatic carbocycles. The Morgan fingerprint density at radius 2 is 1.60 bits per heavy atom. The highest BCUT2D eigenvalue weighted by molar-refractivity contribution is 5.91. The van der Waals surface area contributed by atoms with Crippen molar-refractivity contribution in [1.82, 2.24) is 0 Å². The van der Waals surface area contributed by atoms with Crippen molar-refractivity contribution < 1.29 is 24.0 Å². The van der Waals surface area contributed by atoms with Gasteiger partial charge in [-0.3, -0.25) is 10.1 Å². The fourth-order valence-corrected chi connectivity index (χ4v) is 1.87. The largest absolute Gasteiger partial charge is 0.423 e. The van der Waals surface area contributed by atoms with Gasteiger partial charge in [-0.2, -0.15) is 0 Å². The van der Waals surface area contributed by atoms with E-state index in [4.69, 9.17) is 9.47 Å². The summed E-state index contributed by atoms with van der Waals surface area (Å²) in [5.74, 6) is -0.788. The predicted molar refractivity (Wildman–Crippen MR) is 89.6 cm³/mol. The zero-order valence-electron chi connectivity index (χ0n) is 13.6. The molecule has 0 saturated carbocycles. The highest BCUT2D eigenvalue weighted by Gasteiger charge is 2.12. The first-order valence-corrected chi connectivity index (χ1v) is 7.28. The lowest BCUT2D eigenvalue weighted by atomic mass is 10.2. The number of rotatable bonds is 5. The van der Waals surface area contributed by atoms with Crippen LogP contribution in [0.25, 0.3) is 0 Å². The molecule has 0 N–H and O–H groups in total. The van der Waals surface area contributed by atoms with Gasteiger partial charge in [-0.05, 0) is 38.1 Å². The summed E-state index contributed by atoms with van der Waals surface area (Å²) in [5, 5.41) is 10.6. The first-order chi connectivity index (χ1) is 11.8. The molecule has 7 heteroatoms. The van der Waals surface area contributed by atoms with Crippen LogP contribution in [0.1, 0.15) is 24.2 Å². The molecule has 0 spiro atoms. The van der Waals surface area contributed by atoms with E-state index in [9.17, 15) is 19.7 Å². The Labute approximate surface area is 143 Å². The van der Waals surface area contributed by atoms with Gasteiger partial charge < -0.3 is 9.47 Å². The number of non-ortho nitro benzene ring substituents is 1. The lowest BCUT2D eigenvalue weighted by Crippen LogP contribution is -2.09. The topological polar surface area (TPSA) is 95.7 Å². The van der Waals surface area contributed by atoms with Gasteiger partial charge in [0.25, 0.3) is 5.69 Å². The Morgan fingerprint density at radius 1 is 1.00 bits per heavy atom. The van der Waals surface area contributed by atoms with E-state index >= 15 is 0 Å². The summed E-state index contributed by atoms with van der Waals surface area (Å²) in [5.41, 5.74) is 0.841. The van der Waals surface area contributed by atoms with E-state index in [0.717, 1.165) is 5.57 Å². The van der Waals surface area contributed by atoms with Crippen molar-refractivity contribution in [3.63, 3.8) is 0 Å². The van der Waals surface area contributed by atoms with Crippen molar-refractivity contribution in [3.05, 3.63) is 75.9 Å². The van der Waals surface area contributed by atoms with Crippen LogP contribution in [0, 0.1) is 10.1 Å². The molecule has 0 atom stereocenters. The van der Waals surface area contributed by atoms with Gasteiger partial charge in [0.2, 0.25) is 0 Å². The monoisotopic (exact) mass is 341 g/mol. The summed E-state index contributed by atoms with van der Waals surface area (Å²) in [6, 6.07) is 11.1. The highest BCUT2D eigenvalue weighted by atomic mass is 16.6. The van der Waals surface area contributed by atoms with Gasteiger partial charge in [-0.15, -0.1) is 0 Å². The van der Waals surface area contributed by atoms with Gasteiger partial charge in [0.15, 0.2) is 0 Å². The lowest BCUT2D eigenvalue weighted by molar-refractivity contribution is -0.384. The summed E-state index contributed by atoms with van der Waals surface area (Å²) >= 11 is 0. The SMILES string of the molecule is CC(C)=CC(=O)Oc1cccc(OC(=O)c2ccc([N+](=O)[O-])cc2)c1. The Morgan fingerprint density at radius 3 is 2.16 bits per heavy atom. The smallest absolute Gasteiger partial charge is 0.343 e. The Kier molecular flexibility index (Phi) is 5.62. The molecule has 7 nitrogen and oxygen atoms in total. The fraction of sp³-hybridized carbons (Fsp3) is 0.111. The molecule has 0 saturated heterocycles. The van der Waals surface area contributed by atoms with E-state index in [-0.39, 0.29) is 22.7 Å². The number of hydrogen-bond donors (Lipinski definition) is 0. The second-order valence-corrected chi connectivity index (χ2v) is 5.31. The van der Waals surface area contributed by atoms with E-state index in [1.54, 1.807) is 26.0 Å². The number of allylic oxidation sites excluding steroid dienone is 1. The average Bonchev–Trinajstić information content (AvgIpc) is 2.54. The highest BCUT2D eigenvalue weighted by Crippen LogP contribution is 2.21. The summed E-state index contributed by atoms with van der Waals surface area (Å²) in [6.45, 7) is 3.54. The number of ether oxygens (including phenoxy) is 2. The molecule has 2 rings (SSSR count). The van der Waals surface area contributed by atoms with E-state index in [1.165, 1.54) is 42.5 Å². The van der Waals surface area contributed by atoms with Crippen LogP contribution < -0.4 is 9.47 Å². The number of nitrogens with zero attached hydrogens (tertiary/aromatic N) is 1. The normalized spacial score (nSPS) is 9.84. The molecule has 0 aromatic heterocycles. The molecule has 0 bridgehead atoms. The van der Waals surface area contributed by atoms with Crippen LogP contribution in [-0.2, 0) is 4.79 Å². The number of nitro benzene ring substituents is 1. The number of nitro groups is 1. The molecular formula is C18H15NO6. The predicted octanol–water partition coefficient (Wildman–Crippen LogP) is 3.69. The van der Waals surface area contributed by atoms with Crippen LogP contribution in [0.2, 0.25) is 0 Å². The Bertz CT molecular complexity index is 835. The Balaban J connectivity index is 2.08. The van der Waals surface area contributed by atoms with Crippen molar-refractivity contribution in [2.75, 3.05) is 0 Å². The Hall–Kier alpha value is -3.48. The molecule has 2 aromatic rings. The zero-order valence-corrected chi connectivity index (χ0v) is 13.6. The molecule has 25 heavy (non-hydrogen) atoms. The second-order valence-electron chi connectivity index (χ2n) is 5.31. The number of esters is 2. The first kappa shape index (κ1) is 17.9. The van der Waals surface area contributed by atoms with E-state index in [1.807, 2.05) is 0 Å². The van der Waals surface area contributed by atoms with Crippen molar-refractivity contribution in [1.29, 1.82) is 0 Å². The maximum absolute atomic E-state index is 12.1. The molecule has 0 radical (unpaired) electrons. The first-order valence-electron chi connectivity index (χ1n) is 7.28. The molecular weight excluding hydrogens is 326 g/mol.